The van der Waals surface area contributed by atoms with Crippen LogP contribution in [0.25, 0.3) is 0 Å². The second-order valence-corrected chi connectivity index (χ2v) is 4.32. The molecular formula is C12H15F2NO3. The molecule has 0 bridgehead atoms. The molecular weight excluding hydrogens is 244 g/mol. The van der Waals surface area contributed by atoms with Crippen molar-refractivity contribution in [2.75, 3.05) is 13.1 Å². The van der Waals surface area contributed by atoms with E-state index in [4.69, 9.17) is 0 Å². The van der Waals surface area contributed by atoms with Crippen molar-refractivity contribution in [2.24, 2.45) is 0 Å². The van der Waals surface area contributed by atoms with Gasteiger partial charge in [0, 0.05) is 25.2 Å². The molecule has 0 aliphatic carbocycles. The highest BCUT2D eigenvalue weighted by Gasteiger charge is 2.29. The number of ether oxygens (including phenoxy) is 1. The number of aliphatic hydroxyl groups is 2. The minimum Gasteiger partial charge on any atom is -0.434 e. The van der Waals surface area contributed by atoms with E-state index in [1.54, 1.807) is 23.1 Å². The maximum absolute atomic E-state index is 12.2. The Morgan fingerprint density at radius 1 is 1.22 bits per heavy atom. The molecule has 18 heavy (non-hydrogen) atoms. The Hall–Kier alpha value is -1.24. The molecule has 0 aromatic heterocycles. The maximum Gasteiger partial charge on any atom is 0.387 e. The fraction of sp³-hybridized carbons (Fsp3) is 0.500. The zero-order valence-electron chi connectivity index (χ0n) is 9.67. The van der Waals surface area contributed by atoms with Crippen LogP contribution >= 0.6 is 0 Å². The van der Waals surface area contributed by atoms with Crippen molar-refractivity contribution in [3.05, 3.63) is 29.8 Å². The Kier molecular flexibility index (Phi) is 4.11. The van der Waals surface area contributed by atoms with Crippen LogP contribution in [0.1, 0.15) is 5.56 Å². The van der Waals surface area contributed by atoms with Crippen LogP contribution in [0.3, 0.4) is 0 Å². The molecule has 1 heterocycles. The first-order valence-corrected chi connectivity index (χ1v) is 5.67. The first-order chi connectivity index (χ1) is 8.56. The summed E-state index contributed by atoms with van der Waals surface area (Å²) >= 11 is 0. The molecule has 1 saturated heterocycles. The molecule has 1 aromatic carbocycles. The first-order valence-electron chi connectivity index (χ1n) is 5.67. The van der Waals surface area contributed by atoms with Gasteiger partial charge >= 0.3 is 6.61 Å². The second-order valence-electron chi connectivity index (χ2n) is 4.32. The van der Waals surface area contributed by atoms with Crippen LogP contribution in [0.15, 0.2) is 24.3 Å². The Morgan fingerprint density at radius 3 is 2.44 bits per heavy atom. The number of alkyl halides is 2. The number of para-hydroxylation sites is 1. The molecule has 4 nitrogen and oxygen atoms in total. The monoisotopic (exact) mass is 259 g/mol. The number of aliphatic hydroxyl groups excluding tert-OH is 2. The number of halogens is 2. The highest BCUT2D eigenvalue weighted by molar-refractivity contribution is 5.33. The van der Waals surface area contributed by atoms with E-state index < -0.39 is 18.8 Å². The highest BCUT2D eigenvalue weighted by atomic mass is 19.3. The van der Waals surface area contributed by atoms with Crippen molar-refractivity contribution >= 4 is 0 Å². The van der Waals surface area contributed by atoms with Gasteiger partial charge in [0.05, 0.1) is 12.2 Å². The molecule has 0 saturated carbocycles. The summed E-state index contributed by atoms with van der Waals surface area (Å²) in [7, 11) is 0. The summed E-state index contributed by atoms with van der Waals surface area (Å²) in [6.45, 7) is -1.85. The van der Waals surface area contributed by atoms with Gasteiger partial charge < -0.3 is 14.9 Å². The molecule has 1 aliphatic rings. The Morgan fingerprint density at radius 2 is 1.83 bits per heavy atom. The second kappa shape index (κ2) is 5.60. The van der Waals surface area contributed by atoms with Gasteiger partial charge in [0.15, 0.2) is 0 Å². The Labute approximate surface area is 103 Å². The van der Waals surface area contributed by atoms with Gasteiger partial charge in [0.1, 0.15) is 5.75 Å². The summed E-state index contributed by atoms with van der Waals surface area (Å²) in [5.41, 5.74) is 0.610. The number of rotatable bonds is 4. The molecule has 1 aliphatic heterocycles. The van der Waals surface area contributed by atoms with E-state index in [9.17, 15) is 19.0 Å². The fourth-order valence-corrected chi connectivity index (χ4v) is 2.06. The molecule has 2 rings (SSSR count). The lowest BCUT2D eigenvalue weighted by Gasteiger charge is -2.17. The number of nitrogens with zero attached hydrogens (tertiary/aromatic N) is 1. The lowest BCUT2D eigenvalue weighted by atomic mass is 10.2. The van der Waals surface area contributed by atoms with Crippen molar-refractivity contribution in [1.82, 2.24) is 4.90 Å². The molecule has 2 unspecified atom stereocenters. The van der Waals surface area contributed by atoms with E-state index >= 15 is 0 Å². The number of hydrogen-bond donors (Lipinski definition) is 2. The minimum atomic E-state index is -2.86. The summed E-state index contributed by atoms with van der Waals surface area (Å²) in [5, 5.41) is 18.8. The molecule has 0 amide bonds. The summed E-state index contributed by atoms with van der Waals surface area (Å²) in [6, 6.07) is 6.52. The van der Waals surface area contributed by atoms with Crippen LogP contribution < -0.4 is 4.74 Å². The molecule has 2 atom stereocenters. The lowest BCUT2D eigenvalue weighted by Crippen LogP contribution is -2.22. The van der Waals surface area contributed by atoms with Gasteiger partial charge in [-0.2, -0.15) is 8.78 Å². The van der Waals surface area contributed by atoms with E-state index in [2.05, 4.69) is 4.74 Å². The topological polar surface area (TPSA) is 52.9 Å². The van der Waals surface area contributed by atoms with Crippen LogP contribution in [-0.2, 0) is 6.54 Å². The maximum atomic E-state index is 12.2. The number of likely N-dealkylation sites (tertiary alicyclic amines) is 1. The average molecular weight is 259 g/mol. The molecule has 0 radical (unpaired) electrons. The van der Waals surface area contributed by atoms with Gasteiger partial charge in [-0.1, -0.05) is 18.2 Å². The van der Waals surface area contributed by atoms with Gasteiger partial charge in [0.2, 0.25) is 0 Å². The summed E-state index contributed by atoms with van der Waals surface area (Å²) in [6.07, 6.45) is -1.57. The van der Waals surface area contributed by atoms with E-state index in [-0.39, 0.29) is 5.75 Å². The molecule has 100 valence electrons. The van der Waals surface area contributed by atoms with Gasteiger partial charge in [0.25, 0.3) is 0 Å². The van der Waals surface area contributed by atoms with Crippen LogP contribution in [0.4, 0.5) is 8.78 Å². The van der Waals surface area contributed by atoms with Crippen molar-refractivity contribution in [3.8, 4) is 5.75 Å². The van der Waals surface area contributed by atoms with E-state index in [0.717, 1.165) is 0 Å². The largest absolute Gasteiger partial charge is 0.434 e. The van der Waals surface area contributed by atoms with Crippen molar-refractivity contribution in [2.45, 2.75) is 25.4 Å². The standard InChI is InChI=1S/C12H15F2NO3/c13-12(14)18-11-4-2-1-3-8(11)5-15-6-9(16)10(17)7-15/h1-4,9-10,12,16-17H,5-7H2. The Balaban J connectivity index is 2.05. The smallest absolute Gasteiger partial charge is 0.387 e. The first kappa shape index (κ1) is 13.2. The van der Waals surface area contributed by atoms with Crippen molar-refractivity contribution in [1.29, 1.82) is 0 Å². The highest BCUT2D eigenvalue weighted by Crippen LogP contribution is 2.23. The van der Waals surface area contributed by atoms with Crippen LogP contribution in [0.2, 0.25) is 0 Å². The zero-order valence-corrected chi connectivity index (χ0v) is 9.67. The predicted octanol–water partition coefficient (Wildman–Crippen LogP) is 0.825. The van der Waals surface area contributed by atoms with Crippen LogP contribution in [0.5, 0.6) is 5.75 Å². The zero-order chi connectivity index (χ0) is 13.1. The third-order valence-electron chi connectivity index (χ3n) is 2.92. The normalized spacial score (nSPS) is 24.7. The fourth-order valence-electron chi connectivity index (χ4n) is 2.06. The lowest BCUT2D eigenvalue weighted by molar-refractivity contribution is -0.0507. The van der Waals surface area contributed by atoms with Gasteiger partial charge in [-0.3, -0.25) is 4.90 Å². The molecule has 2 N–H and O–H groups in total. The van der Waals surface area contributed by atoms with Gasteiger partial charge in [-0.05, 0) is 6.07 Å². The SMILES string of the molecule is OC1CN(Cc2ccccc2OC(F)F)CC1O. The summed E-state index contributed by atoms with van der Waals surface area (Å²) in [5.74, 6) is 0.128. The molecule has 1 fully saturated rings. The molecule has 1 aromatic rings. The molecule has 0 spiro atoms. The van der Waals surface area contributed by atoms with E-state index in [1.807, 2.05) is 0 Å². The van der Waals surface area contributed by atoms with Gasteiger partial charge in [-0.25, -0.2) is 0 Å². The van der Waals surface area contributed by atoms with Crippen molar-refractivity contribution < 1.29 is 23.7 Å². The summed E-state index contributed by atoms with van der Waals surface area (Å²) < 4.78 is 28.9. The number of hydrogen-bond acceptors (Lipinski definition) is 4. The quantitative estimate of drug-likeness (QED) is 0.840. The number of β-amino-alcohol motifs (C(OH)–C–C–N with tert-alkyl or cyclic N) is 2. The van der Waals surface area contributed by atoms with E-state index in [0.29, 0.717) is 25.2 Å². The third-order valence-corrected chi connectivity index (χ3v) is 2.92. The summed E-state index contributed by atoms with van der Waals surface area (Å²) in [4.78, 5) is 1.79. The van der Waals surface area contributed by atoms with Crippen LogP contribution in [0, 0.1) is 0 Å². The van der Waals surface area contributed by atoms with E-state index in [1.165, 1.54) is 6.07 Å². The molecule has 6 heteroatoms. The predicted molar refractivity (Wildman–Crippen MR) is 60.4 cm³/mol. The average Bonchev–Trinajstić information content (AvgIpc) is 2.60. The Bertz CT molecular complexity index is 393. The van der Waals surface area contributed by atoms with Gasteiger partial charge in [-0.15, -0.1) is 0 Å². The van der Waals surface area contributed by atoms with Crippen molar-refractivity contribution in [3.63, 3.8) is 0 Å². The minimum absolute atomic E-state index is 0.128. The van der Waals surface area contributed by atoms with Crippen LogP contribution in [-0.4, -0.2) is 47.0 Å². The third kappa shape index (κ3) is 3.16. The number of benzene rings is 1.